The first-order valence-electron chi connectivity index (χ1n) is 7.77. The van der Waals surface area contributed by atoms with E-state index in [4.69, 9.17) is 23.2 Å². The fourth-order valence-corrected chi connectivity index (χ4v) is 2.94. The van der Waals surface area contributed by atoms with Crippen molar-refractivity contribution in [1.29, 1.82) is 0 Å². The van der Waals surface area contributed by atoms with Crippen LogP contribution in [0.15, 0.2) is 48.5 Å². The van der Waals surface area contributed by atoms with Crippen LogP contribution in [0.1, 0.15) is 19.4 Å². The van der Waals surface area contributed by atoms with Gasteiger partial charge in [-0.15, -0.1) is 0 Å². The molecule has 4 nitrogen and oxygen atoms in total. The summed E-state index contributed by atoms with van der Waals surface area (Å²) in [5, 5.41) is 3.53. The van der Waals surface area contributed by atoms with Crippen LogP contribution in [0, 0.1) is 5.41 Å². The number of rotatable bonds is 5. The highest BCUT2D eigenvalue weighted by atomic mass is 35.5. The van der Waals surface area contributed by atoms with Crippen molar-refractivity contribution < 1.29 is 9.59 Å². The molecule has 0 heterocycles. The molecule has 0 atom stereocenters. The van der Waals surface area contributed by atoms with E-state index in [1.165, 1.54) is 0 Å². The number of hydrogen-bond acceptors (Lipinski definition) is 2. The summed E-state index contributed by atoms with van der Waals surface area (Å²) in [7, 11) is 1.68. The first-order valence-corrected chi connectivity index (χ1v) is 8.53. The number of hydrogen-bond donors (Lipinski definition) is 1. The molecule has 0 aliphatic rings. The molecule has 0 aliphatic carbocycles. The van der Waals surface area contributed by atoms with Crippen molar-refractivity contribution in [3.8, 4) is 0 Å². The second-order valence-electron chi connectivity index (χ2n) is 6.38. The van der Waals surface area contributed by atoms with E-state index in [1.54, 1.807) is 44.0 Å². The SMILES string of the molecule is CN(Cc1ccccc1)C(=O)C(C)(C)C(=O)Nc1cc(Cl)cc(Cl)c1. The topological polar surface area (TPSA) is 49.4 Å². The maximum Gasteiger partial charge on any atom is 0.239 e. The number of benzene rings is 2. The number of anilines is 1. The van der Waals surface area contributed by atoms with Crippen molar-refractivity contribution in [2.45, 2.75) is 20.4 Å². The van der Waals surface area contributed by atoms with Crippen LogP contribution in [0.5, 0.6) is 0 Å². The fourth-order valence-electron chi connectivity index (χ4n) is 2.42. The molecule has 132 valence electrons. The molecule has 0 saturated heterocycles. The molecule has 0 aromatic heterocycles. The minimum Gasteiger partial charge on any atom is -0.341 e. The molecule has 0 bridgehead atoms. The molecule has 0 saturated carbocycles. The summed E-state index contributed by atoms with van der Waals surface area (Å²) in [4.78, 5) is 26.9. The zero-order valence-corrected chi connectivity index (χ0v) is 15.9. The molecule has 2 aromatic carbocycles. The third-order valence-corrected chi connectivity index (χ3v) is 4.27. The zero-order valence-electron chi connectivity index (χ0n) is 14.3. The van der Waals surface area contributed by atoms with E-state index in [9.17, 15) is 9.59 Å². The third-order valence-electron chi connectivity index (χ3n) is 3.83. The van der Waals surface area contributed by atoms with Crippen molar-refractivity contribution in [1.82, 2.24) is 4.90 Å². The second-order valence-corrected chi connectivity index (χ2v) is 7.26. The number of carbonyl (C=O) groups excluding carboxylic acids is 2. The number of halogens is 2. The van der Waals surface area contributed by atoms with Crippen molar-refractivity contribution >= 4 is 40.7 Å². The Balaban J connectivity index is 2.10. The predicted molar refractivity (Wildman–Crippen MR) is 102 cm³/mol. The molecule has 2 aromatic rings. The average Bonchev–Trinajstić information content (AvgIpc) is 2.53. The van der Waals surface area contributed by atoms with Crippen molar-refractivity contribution in [2.75, 3.05) is 12.4 Å². The molecule has 0 radical (unpaired) electrons. The molecule has 6 heteroatoms. The Hall–Kier alpha value is -2.04. The van der Waals surface area contributed by atoms with Crippen LogP contribution in [0.3, 0.4) is 0 Å². The molecule has 0 spiro atoms. The number of nitrogens with zero attached hydrogens (tertiary/aromatic N) is 1. The Morgan fingerprint density at radius 1 is 1.04 bits per heavy atom. The molecule has 2 rings (SSSR count). The Bertz CT molecular complexity index is 756. The van der Waals surface area contributed by atoms with E-state index in [0.29, 0.717) is 22.3 Å². The van der Waals surface area contributed by atoms with Gasteiger partial charge in [0.15, 0.2) is 0 Å². The molecule has 0 unspecified atom stereocenters. The van der Waals surface area contributed by atoms with Crippen LogP contribution >= 0.6 is 23.2 Å². The van der Waals surface area contributed by atoms with Crippen molar-refractivity contribution in [3.63, 3.8) is 0 Å². The van der Waals surface area contributed by atoms with Gasteiger partial charge in [0.05, 0.1) is 0 Å². The van der Waals surface area contributed by atoms with E-state index in [-0.39, 0.29) is 5.91 Å². The minimum absolute atomic E-state index is 0.276. The average molecular weight is 379 g/mol. The van der Waals surface area contributed by atoms with Gasteiger partial charge in [-0.1, -0.05) is 53.5 Å². The smallest absolute Gasteiger partial charge is 0.239 e. The lowest BCUT2D eigenvalue weighted by Crippen LogP contribution is -2.45. The summed E-state index contributed by atoms with van der Waals surface area (Å²) in [5.41, 5.74) is 0.212. The molecule has 0 fully saturated rings. The van der Waals surface area contributed by atoms with Gasteiger partial charge in [-0.2, -0.15) is 0 Å². The van der Waals surface area contributed by atoms with Gasteiger partial charge in [-0.05, 0) is 37.6 Å². The Morgan fingerprint density at radius 3 is 2.16 bits per heavy atom. The van der Waals surface area contributed by atoms with Crippen LogP contribution in [-0.2, 0) is 16.1 Å². The van der Waals surface area contributed by atoms with Crippen molar-refractivity contribution in [3.05, 3.63) is 64.1 Å². The molecule has 0 aliphatic heterocycles. The first-order chi connectivity index (χ1) is 11.7. The number of nitrogens with one attached hydrogen (secondary N) is 1. The van der Waals surface area contributed by atoms with Gasteiger partial charge in [-0.25, -0.2) is 0 Å². The highest BCUT2D eigenvalue weighted by Crippen LogP contribution is 2.26. The quantitative estimate of drug-likeness (QED) is 0.771. The van der Waals surface area contributed by atoms with E-state index >= 15 is 0 Å². The van der Waals surface area contributed by atoms with Crippen LogP contribution in [-0.4, -0.2) is 23.8 Å². The van der Waals surface area contributed by atoms with Crippen LogP contribution in [0.4, 0.5) is 5.69 Å². The highest BCUT2D eigenvalue weighted by Gasteiger charge is 2.38. The maximum absolute atomic E-state index is 12.7. The van der Waals surface area contributed by atoms with Gasteiger partial charge in [0.2, 0.25) is 11.8 Å². The van der Waals surface area contributed by atoms with E-state index < -0.39 is 11.3 Å². The summed E-state index contributed by atoms with van der Waals surface area (Å²) in [5.74, 6) is -0.697. The fraction of sp³-hybridized carbons (Fsp3) is 0.263. The molecular weight excluding hydrogens is 359 g/mol. The van der Waals surface area contributed by atoms with Gasteiger partial charge >= 0.3 is 0 Å². The van der Waals surface area contributed by atoms with Crippen LogP contribution in [0.25, 0.3) is 0 Å². The molecule has 25 heavy (non-hydrogen) atoms. The van der Waals surface area contributed by atoms with Gasteiger partial charge in [0, 0.05) is 29.3 Å². The van der Waals surface area contributed by atoms with Gasteiger partial charge in [-0.3, -0.25) is 9.59 Å². The number of amides is 2. The number of carbonyl (C=O) groups is 2. The lowest BCUT2D eigenvalue weighted by atomic mass is 9.90. The Labute approximate surface area is 157 Å². The van der Waals surface area contributed by atoms with Crippen LogP contribution in [0.2, 0.25) is 10.0 Å². The summed E-state index contributed by atoms with van der Waals surface area (Å²) < 4.78 is 0. The lowest BCUT2D eigenvalue weighted by molar-refractivity contribution is -0.145. The van der Waals surface area contributed by atoms with E-state index in [2.05, 4.69) is 5.32 Å². The normalized spacial score (nSPS) is 11.1. The van der Waals surface area contributed by atoms with E-state index in [1.807, 2.05) is 30.3 Å². The molecule has 2 amide bonds. The first kappa shape index (κ1) is 19.3. The second kappa shape index (κ2) is 7.89. The minimum atomic E-state index is -1.24. The Kier molecular flexibility index (Phi) is 6.09. The van der Waals surface area contributed by atoms with Gasteiger partial charge in [0.25, 0.3) is 0 Å². The Morgan fingerprint density at radius 2 is 1.60 bits per heavy atom. The zero-order chi connectivity index (χ0) is 18.6. The third kappa shape index (κ3) is 4.97. The standard InChI is InChI=1S/C19H20Cl2N2O2/c1-19(2,17(24)22-16-10-14(20)9-15(21)11-16)18(25)23(3)12-13-7-5-4-6-8-13/h4-11H,12H2,1-3H3,(H,22,24). The van der Waals surface area contributed by atoms with Gasteiger partial charge in [0.1, 0.15) is 5.41 Å². The lowest BCUT2D eigenvalue weighted by Gasteiger charge is -2.28. The van der Waals surface area contributed by atoms with E-state index in [0.717, 1.165) is 5.56 Å². The summed E-state index contributed by atoms with van der Waals surface area (Å²) in [6.45, 7) is 3.62. The van der Waals surface area contributed by atoms with Crippen molar-refractivity contribution in [2.24, 2.45) is 5.41 Å². The largest absolute Gasteiger partial charge is 0.341 e. The highest BCUT2D eigenvalue weighted by molar-refractivity contribution is 6.35. The summed E-state index contributed by atoms with van der Waals surface area (Å²) in [6.07, 6.45) is 0. The molecular formula is C19H20Cl2N2O2. The van der Waals surface area contributed by atoms with Crippen LogP contribution < -0.4 is 5.32 Å². The monoisotopic (exact) mass is 378 g/mol. The maximum atomic E-state index is 12.7. The summed E-state index contributed by atoms with van der Waals surface area (Å²) >= 11 is 11.9. The predicted octanol–water partition coefficient (Wildman–Crippen LogP) is 4.62. The summed E-state index contributed by atoms with van der Waals surface area (Å²) in [6, 6.07) is 14.3. The molecule has 1 N–H and O–H groups in total. The van der Waals surface area contributed by atoms with Gasteiger partial charge < -0.3 is 10.2 Å².